The highest BCUT2D eigenvalue weighted by atomic mass is 35.5. The fourth-order valence-corrected chi connectivity index (χ4v) is 2.64. The first-order chi connectivity index (χ1) is 9.11. The SMILES string of the molecule is CNCc1cc(Cl)ccc1N(CCC(C)C)C1CC1. The van der Waals surface area contributed by atoms with Crippen LogP contribution in [0, 0.1) is 5.92 Å². The monoisotopic (exact) mass is 280 g/mol. The summed E-state index contributed by atoms with van der Waals surface area (Å²) < 4.78 is 0. The number of nitrogens with one attached hydrogen (secondary N) is 1. The maximum Gasteiger partial charge on any atom is 0.0415 e. The quantitative estimate of drug-likeness (QED) is 0.810. The van der Waals surface area contributed by atoms with Crippen LogP contribution < -0.4 is 10.2 Å². The zero-order chi connectivity index (χ0) is 13.8. The molecule has 0 saturated heterocycles. The molecule has 0 heterocycles. The molecule has 1 aromatic carbocycles. The van der Waals surface area contributed by atoms with Crippen molar-refractivity contribution in [3.05, 3.63) is 28.8 Å². The summed E-state index contributed by atoms with van der Waals surface area (Å²) in [6, 6.07) is 7.04. The molecule has 2 rings (SSSR count). The molecule has 3 heteroatoms. The van der Waals surface area contributed by atoms with Crippen molar-refractivity contribution in [2.75, 3.05) is 18.5 Å². The van der Waals surface area contributed by atoms with Gasteiger partial charge in [-0.1, -0.05) is 25.4 Å². The molecule has 106 valence electrons. The van der Waals surface area contributed by atoms with Gasteiger partial charge >= 0.3 is 0 Å². The molecule has 0 spiro atoms. The van der Waals surface area contributed by atoms with Crippen LogP contribution in [0.4, 0.5) is 5.69 Å². The van der Waals surface area contributed by atoms with Gasteiger partial charge in [-0.05, 0) is 56.0 Å². The molecule has 0 amide bonds. The standard InChI is InChI=1S/C16H25ClN2/c1-12(2)8-9-19(15-5-6-15)16-7-4-14(17)10-13(16)11-18-3/h4,7,10,12,15,18H,5-6,8-9,11H2,1-3H3. The summed E-state index contributed by atoms with van der Waals surface area (Å²) in [6.07, 6.45) is 3.91. The molecule has 0 bridgehead atoms. The highest BCUT2D eigenvalue weighted by Crippen LogP contribution is 2.35. The van der Waals surface area contributed by atoms with Crippen LogP contribution in [0.25, 0.3) is 0 Å². The minimum atomic E-state index is 0.746. The Morgan fingerprint density at radius 1 is 1.37 bits per heavy atom. The van der Waals surface area contributed by atoms with Crippen LogP contribution >= 0.6 is 11.6 Å². The van der Waals surface area contributed by atoms with Crippen molar-refractivity contribution in [2.24, 2.45) is 5.92 Å². The highest BCUT2D eigenvalue weighted by Gasteiger charge is 2.30. The molecular weight excluding hydrogens is 256 g/mol. The smallest absolute Gasteiger partial charge is 0.0415 e. The molecule has 1 aliphatic rings. The van der Waals surface area contributed by atoms with Crippen molar-refractivity contribution in [1.29, 1.82) is 0 Å². The van der Waals surface area contributed by atoms with Crippen molar-refractivity contribution < 1.29 is 0 Å². The lowest BCUT2D eigenvalue weighted by molar-refractivity contribution is 0.569. The van der Waals surface area contributed by atoms with Crippen LogP contribution in [-0.4, -0.2) is 19.6 Å². The van der Waals surface area contributed by atoms with E-state index in [1.807, 2.05) is 13.1 Å². The molecule has 0 radical (unpaired) electrons. The number of halogens is 1. The second-order valence-electron chi connectivity index (χ2n) is 5.91. The molecule has 19 heavy (non-hydrogen) atoms. The Bertz CT molecular complexity index is 413. The van der Waals surface area contributed by atoms with E-state index in [1.54, 1.807) is 0 Å². The van der Waals surface area contributed by atoms with Gasteiger partial charge in [-0.15, -0.1) is 0 Å². The Kier molecular flexibility index (Phi) is 5.12. The molecule has 0 aromatic heterocycles. The predicted molar refractivity (Wildman–Crippen MR) is 84.0 cm³/mol. The summed E-state index contributed by atoms with van der Waals surface area (Å²) in [5.74, 6) is 0.751. The van der Waals surface area contributed by atoms with Gasteiger partial charge in [-0.25, -0.2) is 0 Å². The van der Waals surface area contributed by atoms with E-state index < -0.39 is 0 Å². The van der Waals surface area contributed by atoms with Gasteiger partial charge in [0.1, 0.15) is 0 Å². The normalized spacial score (nSPS) is 15.0. The second kappa shape index (κ2) is 6.62. The van der Waals surface area contributed by atoms with Crippen LogP contribution in [0.15, 0.2) is 18.2 Å². The van der Waals surface area contributed by atoms with E-state index in [4.69, 9.17) is 11.6 Å². The lowest BCUT2D eigenvalue weighted by atomic mass is 10.1. The number of nitrogens with zero attached hydrogens (tertiary/aromatic N) is 1. The van der Waals surface area contributed by atoms with Crippen LogP contribution in [0.1, 0.15) is 38.7 Å². The summed E-state index contributed by atoms with van der Waals surface area (Å²) in [7, 11) is 1.99. The first kappa shape index (κ1) is 14.7. The molecule has 2 nitrogen and oxygen atoms in total. The minimum absolute atomic E-state index is 0.746. The molecule has 1 fully saturated rings. The largest absolute Gasteiger partial charge is 0.368 e. The van der Waals surface area contributed by atoms with Crippen molar-refractivity contribution in [3.63, 3.8) is 0 Å². The zero-order valence-corrected chi connectivity index (χ0v) is 13.0. The Hall–Kier alpha value is -0.730. The number of hydrogen-bond donors (Lipinski definition) is 1. The third-order valence-electron chi connectivity index (χ3n) is 3.65. The fourth-order valence-electron chi connectivity index (χ4n) is 2.45. The minimum Gasteiger partial charge on any atom is -0.368 e. The van der Waals surface area contributed by atoms with E-state index in [-0.39, 0.29) is 0 Å². The van der Waals surface area contributed by atoms with Crippen LogP contribution in [-0.2, 0) is 6.54 Å². The second-order valence-corrected chi connectivity index (χ2v) is 6.35. The molecule has 1 aromatic rings. The summed E-state index contributed by atoms with van der Waals surface area (Å²) in [4.78, 5) is 2.59. The summed E-state index contributed by atoms with van der Waals surface area (Å²) in [6.45, 7) is 6.62. The van der Waals surface area contributed by atoms with Crippen LogP contribution in [0.3, 0.4) is 0 Å². The third-order valence-corrected chi connectivity index (χ3v) is 3.89. The Morgan fingerprint density at radius 3 is 2.68 bits per heavy atom. The summed E-state index contributed by atoms with van der Waals surface area (Å²) >= 11 is 6.13. The lowest BCUT2D eigenvalue weighted by Gasteiger charge is -2.28. The van der Waals surface area contributed by atoms with E-state index in [1.165, 1.54) is 30.5 Å². The molecule has 0 aliphatic heterocycles. The van der Waals surface area contributed by atoms with Crippen molar-refractivity contribution in [2.45, 2.75) is 45.7 Å². The third kappa shape index (κ3) is 4.12. The highest BCUT2D eigenvalue weighted by molar-refractivity contribution is 6.30. The van der Waals surface area contributed by atoms with Gasteiger partial charge in [0.05, 0.1) is 0 Å². The molecule has 1 saturated carbocycles. The molecular formula is C16H25ClN2. The molecule has 1 aliphatic carbocycles. The van der Waals surface area contributed by atoms with Crippen LogP contribution in [0.2, 0.25) is 5.02 Å². The lowest BCUT2D eigenvalue weighted by Crippen LogP contribution is -2.29. The number of rotatable bonds is 7. The predicted octanol–water partition coefficient (Wildman–Crippen LogP) is 4.07. The van der Waals surface area contributed by atoms with Gasteiger partial charge < -0.3 is 10.2 Å². The first-order valence-corrected chi connectivity index (χ1v) is 7.69. The van der Waals surface area contributed by atoms with Crippen molar-refractivity contribution >= 4 is 17.3 Å². The van der Waals surface area contributed by atoms with E-state index in [9.17, 15) is 0 Å². The maximum absolute atomic E-state index is 6.13. The van der Waals surface area contributed by atoms with Gasteiger partial charge in [0.15, 0.2) is 0 Å². The van der Waals surface area contributed by atoms with Gasteiger partial charge in [-0.3, -0.25) is 0 Å². The number of benzene rings is 1. The first-order valence-electron chi connectivity index (χ1n) is 7.31. The molecule has 0 atom stereocenters. The number of anilines is 1. The van der Waals surface area contributed by atoms with E-state index >= 15 is 0 Å². The molecule has 0 unspecified atom stereocenters. The Balaban J connectivity index is 2.19. The van der Waals surface area contributed by atoms with E-state index in [0.717, 1.165) is 30.1 Å². The van der Waals surface area contributed by atoms with Crippen molar-refractivity contribution in [3.8, 4) is 0 Å². The Morgan fingerprint density at radius 2 is 2.11 bits per heavy atom. The Labute approximate surface area is 122 Å². The average Bonchev–Trinajstić information content (AvgIpc) is 3.16. The van der Waals surface area contributed by atoms with E-state index in [2.05, 4.69) is 36.2 Å². The van der Waals surface area contributed by atoms with Crippen LogP contribution in [0.5, 0.6) is 0 Å². The topological polar surface area (TPSA) is 15.3 Å². The summed E-state index contributed by atoms with van der Waals surface area (Å²) in [5.41, 5.74) is 2.67. The van der Waals surface area contributed by atoms with Gasteiger partial charge in [0.25, 0.3) is 0 Å². The maximum atomic E-state index is 6.13. The van der Waals surface area contributed by atoms with Gasteiger partial charge in [0, 0.05) is 29.8 Å². The van der Waals surface area contributed by atoms with E-state index in [0.29, 0.717) is 0 Å². The van der Waals surface area contributed by atoms with Gasteiger partial charge in [0.2, 0.25) is 0 Å². The van der Waals surface area contributed by atoms with Gasteiger partial charge in [-0.2, -0.15) is 0 Å². The number of hydrogen-bond acceptors (Lipinski definition) is 2. The van der Waals surface area contributed by atoms with Crippen molar-refractivity contribution in [1.82, 2.24) is 5.32 Å². The zero-order valence-electron chi connectivity index (χ0n) is 12.2. The molecule has 1 N–H and O–H groups in total. The fraction of sp³-hybridized carbons (Fsp3) is 0.625. The average molecular weight is 281 g/mol. The summed E-state index contributed by atoms with van der Waals surface area (Å²) in [5, 5.41) is 4.07.